The highest BCUT2D eigenvalue weighted by Gasteiger charge is 2.28. The summed E-state index contributed by atoms with van der Waals surface area (Å²) in [4.78, 5) is 0. The average molecular weight is 286 g/mol. The van der Waals surface area contributed by atoms with Gasteiger partial charge in [-0.1, -0.05) is 18.5 Å². The molecule has 0 bridgehead atoms. The SMILES string of the molecule is CCNC(COCC(F)(F)F)c1c(Cl)cnn1C. The van der Waals surface area contributed by atoms with E-state index in [9.17, 15) is 13.2 Å². The van der Waals surface area contributed by atoms with Gasteiger partial charge in [0.2, 0.25) is 0 Å². The van der Waals surface area contributed by atoms with Gasteiger partial charge in [-0.05, 0) is 6.54 Å². The molecule has 104 valence electrons. The number of hydrogen-bond donors (Lipinski definition) is 1. The van der Waals surface area contributed by atoms with Crippen molar-refractivity contribution < 1.29 is 17.9 Å². The van der Waals surface area contributed by atoms with E-state index in [0.29, 0.717) is 17.3 Å². The Hall–Kier alpha value is -0.790. The number of nitrogens with one attached hydrogen (secondary N) is 1. The van der Waals surface area contributed by atoms with Gasteiger partial charge in [-0.3, -0.25) is 4.68 Å². The van der Waals surface area contributed by atoms with Gasteiger partial charge in [0.25, 0.3) is 0 Å². The van der Waals surface area contributed by atoms with Gasteiger partial charge < -0.3 is 10.1 Å². The second kappa shape index (κ2) is 6.40. The van der Waals surface area contributed by atoms with Crippen molar-refractivity contribution in [3.63, 3.8) is 0 Å². The van der Waals surface area contributed by atoms with Gasteiger partial charge in [0.05, 0.1) is 29.6 Å². The zero-order chi connectivity index (χ0) is 13.8. The fourth-order valence-electron chi connectivity index (χ4n) is 1.59. The lowest BCUT2D eigenvalue weighted by Gasteiger charge is -2.19. The van der Waals surface area contributed by atoms with Gasteiger partial charge in [-0.2, -0.15) is 18.3 Å². The molecule has 18 heavy (non-hydrogen) atoms. The van der Waals surface area contributed by atoms with E-state index in [4.69, 9.17) is 11.6 Å². The largest absolute Gasteiger partial charge is 0.411 e. The minimum absolute atomic E-state index is 0.118. The van der Waals surface area contributed by atoms with Crippen molar-refractivity contribution in [2.45, 2.75) is 19.1 Å². The lowest BCUT2D eigenvalue weighted by molar-refractivity contribution is -0.175. The molecule has 0 aliphatic rings. The Morgan fingerprint density at radius 2 is 2.22 bits per heavy atom. The summed E-state index contributed by atoms with van der Waals surface area (Å²) in [6.07, 6.45) is -2.88. The molecule has 1 unspecified atom stereocenters. The van der Waals surface area contributed by atoms with Crippen LogP contribution in [0.15, 0.2) is 6.20 Å². The number of hydrogen-bond acceptors (Lipinski definition) is 3. The molecule has 0 saturated heterocycles. The summed E-state index contributed by atoms with van der Waals surface area (Å²) in [6, 6.07) is -0.419. The van der Waals surface area contributed by atoms with Crippen molar-refractivity contribution in [3.8, 4) is 0 Å². The molecule has 0 fully saturated rings. The Kier molecular flexibility index (Phi) is 5.43. The first-order chi connectivity index (χ1) is 8.35. The lowest BCUT2D eigenvalue weighted by Crippen LogP contribution is -2.29. The summed E-state index contributed by atoms with van der Waals surface area (Å²) in [5, 5.41) is 7.36. The fraction of sp³-hybridized carbons (Fsp3) is 0.700. The highest BCUT2D eigenvalue weighted by molar-refractivity contribution is 6.31. The average Bonchev–Trinajstić information content (AvgIpc) is 2.56. The van der Waals surface area contributed by atoms with E-state index in [1.54, 1.807) is 7.05 Å². The summed E-state index contributed by atoms with van der Waals surface area (Å²) in [6.45, 7) is 1.04. The maximum atomic E-state index is 12.0. The molecular weight excluding hydrogens is 271 g/mol. The maximum Gasteiger partial charge on any atom is 0.411 e. The molecular formula is C10H15ClF3N3O. The van der Waals surface area contributed by atoms with Crippen LogP contribution in [0.1, 0.15) is 18.7 Å². The number of likely N-dealkylation sites (N-methyl/N-ethyl adjacent to an activating group) is 1. The summed E-state index contributed by atoms with van der Waals surface area (Å²) in [5.41, 5.74) is 0.612. The van der Waals surface area contributed by atoms with E-state index < -0.39 is 18.8 Å². The van der Waals surface area contributed by atoms with Crippen molar-refractivity contribution >= 4 is 11.6 Å². The molecule has 1 atom stereocenters. The van der Waals surface area contributed by atoms with E-state index in [1.807, 2.05) is 6.92 Å². The van der Waals surface area contributed by atoms with Crippen LogP contribution in [0.25, 0.3) is 0 Å². The number of ether oxygens (including phenoxy) is 1. The number of rotatable bonds is 6. The second-order valence-electron chi connectivity index (χ2n) is 3.74. The van der Waals surface area contributed by atoms with E-state index in [-0.39, 0.29) is 6.61 Å². The molecule has 4 nitrogen and oxygen atoms in total. The molecule has 0 amide bonds. The molecule has 0 aliphatic carbocycles. The smallest absolute Gasteiger partial charge is 0.370 e. The number of nitrogens with zero attached hydrogens (tertiary/aromatic N) is 2. The highest BCUT2D eigenvalue weighted by Crippen LogP contribution is 2.23. The second-order valence-corrected chi connectivity index (χ2v) is 4.15. The number of alkyl halides is 3. The Morgan fingerprint density at radius 1 is 1.56 bits per heavy atom. The third-order valence-electron chi connectivity index (χ3n) is 2.27. The molecule has 0 spiro atoms. The van der Waals surface area contributed by atoms with Crippen molar-refractivity contribution in [2.75, 3.05) is 19.8 Å². The van der Waals surface area contributed by atoms with Gasteiger partial charge in [-0.15, -0.1) is 0 Å². The van der Waals surface area contributed by atoms with Crippen molar-refractivity contribution in [2.24, 2.45) is 7.05 Å². The molecule has 1 aromatic rings. The van der Waals surface area contributed by atoms with Crippen LogP contribution in [-0.4, -0.2) is 35.7 Å². The van der Waals surface area contributed by atoms with E-state index in [0.717, 1.165) is 0 Å². The maximum absolute atomic E-state index is 12.0. The highest BCUT2D eigenvalue weighted by atomic mass is 35.5. The van der Waals surface area contributed by atoms with Crippen LogP contribution in [0.3, 0.4) is 0 Å². The molecule has 1 N–H and O–H groups in total. The summed E-state index contributed by atoms with van der Waals surface area (Å²) in [7, 11) is 1.68. The zero-order valence-corrected chi connectivity index (χ0v) is 10.8. The number of aryl methyl sites for hydroxylation is 1. The van der Waals surface area contributed by atoms with Crippen molar-refractivity contribution in [1.29, 1.82) is 0 Å². The molecule has 1 aromatic heterocycles. The quantitative estimate of drug-likeness (QED) is 0.872. The van der Waals surface area contributed by atoms with Crippen LogP contribution in [0.5, 0.6) is 0 Å². The first-order valence-electron chi connectivity index (χ1n) is 5.40. The van der Waals surface area contributed by atoms with Crippen LogP contribution in [0.4, 0.5) is 13.2 Å². The zero-order valence-electron chi connectivity index (χ0n) is 10.1. The Labute approximate surface area is 108 Å². The lowest BCUT2D eigenvalue weighted by atomic mass is 10.2. The number of aromatic nitrogens is 2. The third kappa shape index (κ3) is 4.47. The third-order valence-corrected chi connectivity index (χ3v) is 2.56. The van der Waals surface area contributed by atoms with Gasteiger partial charge in [0.15, 0.2) is 0 Å². The molecule has 0 aromatic carbocycles. The Balaban J connectivity index is 2.66. The van der Waals surface area contributed by atoms with E-state index in [1.165, 1.54) is 10.9 Å². The fourth-order valence-corrected chi connectivity index (χ4v) is 1.88. The molecule has 0 radical (unpaired) electrons. The van der Waals surface area contributed by atoms with Crippen molar-refractivity contribution in [3.05, 3.63) is 16.9 Å². The van der Waals surface area contributed by atoms with Crippen LogP contribution in [0, 0.1) is 0 Å². The van der Waals surface area contributed by atoms with Crippen LogP contribution in [-0.2, 0) is 11.8 Å². The molecule has 1 rings (SSSR count). The summed E-state index contributed by atoms with van der Waals surface area (Å²) >= 11 is 5.94. The first-order valence-corrected chi connectivity index (χ1v) is 5.78. The van der Waals surface area contributed by atoms with Gasteiger partial charge in [-0.25, -0.2) is 0 Å². The first kappa shape index (κ1) is 15.3. The number of halogens is 4. The van der Waals surface area contributed by atoms with Crippen LogP contribution < -0.4 is 5.32 Å². The minimum atomic E-state index is -4.33. The molecule has 0 aliphatic heterocycles. The summed E-state index contributed by atoms with van der Waals surface area (Å²) in [5.74, 6) is 0. The topological polar surface area (TPSA) is 39.1 Å². The van der Waals surface area contributed by atoms with Crippen LogP contribution in [0.2, 0.25) is 5.02 Å². The monoisotopic (exact) mass is 285 g/mol. The Bertz CT molecular complexity index is 361. The predicted molar refractivity (Wildman–Crippen MR) is 61.5 cm³/mol. The predicted octanol–water partition coefficient (Wildman–Crippen LogP) is 2.30. The van der Waals surface area contributed by atoms with Crippen molar-refractivity contribution in [1.82, 2.24) is 15.1 Å². The standard InChI is InChI=1S/C10H15ClF3N3O/c1-3-15-8(5-18-6-10(12,13)14)9-7(11)4-16-17(9)2/h4,8,15H,3,5-6H2,1-2H3. The van der Waals surface area contributed by atoms with E-state index in [2.05, 4.69) is 15.2 Å². The van der Waals surface area contributed by atoms with Gasteiger partial charge in [0, 0.05) is 7.05 Å². The molecule has 1 heterocycles. The van der Waals surface area contributed by atoms with Crippen LogP contribution >= 0.6 is 11.6 Å². The minimum Gasteiger partial charge on any atom is -0.370 e. The molecule has 0 saturated carbocycles. The van der Waals surface area contributed by atoms with E-state index >= 15 is 0 Å². The van der Waals surface area contributed by atoms with Gasteiger partial charge >= 0.3 is 6.18 Å². The summed E-state index contributed by atoms with van der Waals surface area (Å²) < 4.78 is 42.2. The normalized spacial score (nSPS) is 13.9. The molecule has 8 heteroatoms. The Morgan fingerprint density at radius 3 is 2.67 bits per heavy atom. The van der Waals surface area contributed by atoms with Gasteiger partial charge in [0.1, 0.15) is 6.61 Å².